The number of hydrogen-bond acceptors (Lipinski definition) is 3. The second-order valence-electron chi connectivity index (χ2n) is 5.70. The highest BCUT2D eigenvalue weighted by Crippen LogP contribution is 2.18. The summed E-state index contributed by atoms with van der Waals surface area (Å²) >= 11 is 0. The van der Waals surface area contributed by atoms with Crippen molar-refractivity contribution in [2.75, 3.05) is 33.2 Å². The van der Waals surface area contributed by atoms with Crippen molar-refractivity contribution in [3.8, 4) is 0 Å². The van der Waals surface area contributed by atoms with Crippen LogP contribution in [0.4, 0.5) is 0 Å². The largest absolute Gasteiger partial charge is 0.329 e. The maximum atomic E-state index is 5.62. The minimum atomic E-state index is 0.716. The molecule has 0 aliphatic carbocycles. The average molecular weight is 261 g/mol. The van der Waals surface area contributed by atoms with E-state index < -0.39 is 0 Å². The Balaban J connectivity index is 1.85. The summed E-state index contributed by atoms with van der Waals surface area (Å²) in [5.74, 6) is 0. The van der Waals surface area contributed by atoms with Gasteiger partial charge in [0.25, 0.3) is 0 Å². The van der Waals surface area contributed by atoms with Gasteiger partial charge in [0.05, 0.1) is 0 Å². The molecule has 1 fully saturated rings. The Labute approximate surface area is 117 Å². The Hall–Kier alpha value is -0.900. The predicted molar refractivity (Wildman–Crippen MR) is 81.2 cm³/mol. The van der Waals surface area contributed by atoms with Crippen LogP contribution in [0.25, 0.3) is 0 Å². The highest BCUT2D eigenvalue weighted by Gasteiger charge is 2.22. The molecular formula is C16H27N3. The molecule has 3 nitrogen and oxygen atoms in total. The number of nitrogens with two attached hydrogens (primary N) is 1. The van der Waals surface area contributed by atoms with E-state index in [2.05, 4.69) is 48.0 Å². The van der Waals surface area contributed by atoms with Crippen LogP contribution in [0.15, 0.2) is 24.3 Å². The Morgan fingerprint density at radius 2 is 1.95 bits per heavy atom. The molecule has 1 aromatic carbocycles. The minimum absolute atomic E-state index is 0.716. The summed E-state index contributed by atoms with van der Waals surface area (Å²) in [5.41, 5.74) is 8.47. The van der Waals surface area contributed by atoms with Crippen molar-refractivity contribution in [1.29, 1.82) is 0 Å². The van der Waals surface area contributed by atoms with Gasteiger partial charge in [-0.3, -0.25) is 4.90 Å². The third kappa shape index (κ3) is 4.03. The van der Waals surface area contributed by atoms with E-state index in [1.165, 1.54) is 37.1 Å². The Morgan fingerprint density at radius 3 is 2.58 bits per heavy atom. The molecule has 0 bridgehead atoms. The first-order valence-electron chi connectivity index (χ1n) is 7.38. The van der Waals surface area contributed by atoms with Gasteiger partial charge in [0.2, 0.25) is 0 Å². The smallest absolute Gasteiger partial charge is 0.0236 e. The monoisotopic (exact) mass is 261 g/mol. The van der Waals surface area contributed by atoms with Crippen molar-refractivity contribution >= 4 is 0 Å². The molecule has 0 amide bonds. The number of rotatable bonds is 5. The lowest BCUT2D eigenvalue weighted by atomic mass is 10.0. The number of piperidine rings is 1. The predicted octanol–water partition coefficient (Wildman–Crippen LogP) is 1.85. The molecule has 19 heavy (non-hydrogen) atoms. The van der Waals surface area contributed by atoms with Crippen LogP contribution in [0.2, 0.25) is 0 Å². The fourth-order valence-electron chi connectivity index (χ4n) is 2.95. The standard InChI is InChI=1S/C16H27N3/c1-14-5-3-4-6-15(14)13-18(2)16-7-10-19(11-8-16)12-9-17/h3-6,16H,7-13,17H2,1-2H3. The van der Waals surface area contributed by atoms with Gasteiger partial charge in [-0.25, -0.2) is 0 Å². The summed E-state index contributed by atoms with van der Waals surface area (Å²) < 4.78 is 0. The minimum Gasteiger partial charge on any atom is -0.329 e. The maximum absolute atomic E-state index is 5.62. The fraction of sp³-hybridized carbons (Fsp3) is 0.625. The van der Waals surface area contributed by atoms with Crippen LogP contribution in [0.5, 0.6) is 0 Å². The summed E-state index contributed by atoms with van der Waals surface area (Å²) in [6.07, 6.45) is 2.53. The highest BCUT2D eigenvalue weighted by atomic mass is 15.2. The molecule has 2 N–H and O–H groups in total. The molecule has 0 unspecified atom stereocenters. The topological polar surface area (TPSA) is 32.5 Å². The van der Waals surface area contributed by atoms with Crippen LogP contribution in [0.1, 0.15) is 24.0 Å². The third-order valence-electron chi connectivity index (χ3n) is 4.31. The fourth-order valence-corrected chi connectivity index (χ4v) is 2.95. The molecule has 2 rings (SSSR count). The average Bonchev–Trinajstić information content (AvgIpc) is 2.42. The molecule has 1 aliphatic rings. The molecule has 1 aliphatic heterocycles. The summed E-state index contributed by atoms with van der Waals surface area (Å²) in [6, 6.07) is 9.42. The number of benzene rings is 1. The van der Waals surface area contributed by atoms with Gasteiger partial charge in [0.15, 0.2) is 0 Å². The van der Waals surface area contributed by atoms with E-state index in [-0.39, 0.29) is 0 Å². The van der Waals surface area contributed by atoms with Crippen molar-refractivity contribution in [3.05, 3.63) is 35.4 Å². The maximum Gasteiger partial charge on any atom is 0.0236 e. The molecule has 1 saturated heterocycles. The molecule has 106 valence electrons. The summed E-state index contributed by atoms with van der Waals surface area (Å²) in [4.78, 5) is 5.00. The van der Waals surface area contributed by atoms with Crippen LogP contribution in [-0.4, -0.2) is 49.1 Å². The molecule has 0 atom stereocenters. The van der Waals surface area contributed by atoms with Crippen LogP contribution in [0, 0.1) is 6.92 Å². The number of hydrogen-bond donors (Lipinski definition) is 1. The van der Waals surface area contributed by atoms with Gasteiger partial charge in [-0.05, 0) is 51.0 Å². The molecular weight excluding hydrogens is 234 g/mol. The van der Waals surface area contributed by atoms with Crippen LogP contribution in [0.3, 0.4) is 0 Å². The molecule has 0 saturated carbocycles. The van der Waals surface area contributed by atoms with E-state index in [0.717, 1.165) is 19.6 Å². The van der Waals surface area contributed by atoms with Crippen LogP contribution in [-0.2, 0) is 6.54 Å². The quantitative estimate of drug-likeness (QED) is 0.878. The normalized spacial score (nSPS) is 18.1. The van der Waals surface area contributed by atoms with Crippen LogP contribution < -0.4 is 5.73 Å². The van der Waals surface area contributed by atoms with E-state index in [1.807, 2.05) is 0 Å². The van der Waals surface area contributed by atoms with Gasteiger partial charge in [-0.15, -0.1) is 0 Å². The van der Waals surface area contributed by atoms with Gasteiger partial charge in [-0.2, -0.15) is 0 Å². The van der Waals surface area contributed by atoms with Crippen molar-refractivity contribution in [2.24, 2.45) is 5.73 Å². The summed E-state index contributed by atoms with van der Waals surface area (Å²) in [5, 5.41) is 0. The molecule has 0 aromatic heterocycles. The first-order valence-corrected chi connectivity index (χ1v) is 7.38. The first-order chi connectivity index (χ1) is 9.20. The number of aryl methyl sites for hydroxylation is 1. The van der Waals surface area contributed by atoms with Crippen molar-refractivity contribution in [3.63, 3.8) is 0 Å². The van der Waals surface area contributed by atoms with Gasteiger partial charge >= 0.3 is 0 Å². The Morgan fingerprint density at radius 1 is 1.26 bits per heavy atom. The van der Waals surface area contributed by atoms with Crippen molar-refractivity contribution < 1.29 is 0 Å². The van der Waals surface area contributed by atoms with Gasteiger partial charge in [0, 0.05) is 25.7 Å². The number of nitrogens with zero attached hydrogens (tertiary/aromatic N) is 2. The first kappa shape index (κ1) is 14.5. The van der Waals surface area contributed by atoms with E-state index in [4.69, 9.17) is 5.73 Å². The van der Waals surface area contributed by atoms with E-state index in [9.17, 15) is 0 Å². The van der Waals surface area contributed by atoms with Crippen molar-refractivity contribution in [2.45, 2.75) is 32.4 Å². The molecule has 0 radical (unpaired) electrons. The van der Waals surface area contributed by atoms with Crippen LogP contribution >= 0.6 is 0 Å². The molecule has 1 aromatic rings. The highest BCUT2D eigenvalue weighted by molar-refractivity contribution is 5.25. The lowest BCUT2D eigenvalue weighted by Crippen LogP contribution is -2.44. The lowest BCUT2D eigenvalue weighted by Gasteiger charge is -2.36. The lowest BCUT2D eigenvalue weighted by molar-refractivity contribution is 0.125. The second-order valence-corrected chi connectivity index (χ2v) is 5.70. The zero-order chi connectivity index (χ0) is 13.7. The molecule has 0 spiro atoms. The van der Waals surface area contributed by atoms with E-state index in [1.54, 1.807) is 0 Å². The van der Waals surface area contributed by atoms with Crippen molar-refractivity contribution in [1.82, 2.24) is 9.80 Å². The van der Waals surface area contributed by atoms with E-state index in [0.29, 0.717) is 6.04 Å². The van der Waals surface area contributed by atoms with Gasteiger partial charge in [0.1, 0.15) is 0 Å². The van der Waals surface area contributed by atoms with Gasteiger partial charge < -0.3 is 10.6 Å². The van der Waals surface area contributed by atoms with E-state index >= 15 is 0 Å². The second kappa shape index (κ2) is 7.04. The SMILES string of the molecule is Cc1ccccc1CN(C)C1CCN(CCN)CC1. The number of likely N-dealkylation sites (tertiary alicyclic amines) is 1. The Bertz CT molecular complexity index is 383. The Kier molecular flexibility index (Phi) is 5.37. The zero-order valence-corrected chi connectivity index (χ0v) is 12.3. The zero-order valence-electron chi connectivity index (χ0n) is 12.3. The summed E-state index contributed by atoms with van der Waals surface area (Å²) in [7, 11) is 2.26. The molecule has 3 heteroatoms. The molecule has 1 heterocycles. The third-order valence-corrected chi connectivity index (χ3v) is 4.31. The van der Waals surface area contributed by atoms with Gasteiger partial charge in [-0.1, -0.05) is 24.3 Å². The summed E-state index contributed by atoms with van der Waals surface area (Å²) in [6.45, 7) is 7.49.